The lowest BCUT2D eigenvalue weighted by Gasteiger charge is -2.46. The zero-order valence-electron chi connectivity index (χ0n) is 29.5. The molecule has 0 amide bonds. The molecule has 51 heavy (non-hydrogen) atoms. The summed E-state index contributed by atoms with van der Waals surface area (Å²) in [5.74, 6) is -5.47. The molecule has 4 fully saturated rings. The molecule has 1 saturated carbocycles. The minimum absolute atomic E-state index is 0.00680. The summed E-state index contributed by atoms with van der Waals surface area (Å²) in [5, 5.41) is 56.6. The van der Waals surface area contributed by atoms with Gasteiger partial charge in [-0.3, -0.25) is 9.59 Å². The van der Waals surface area contributed by atoms with E-state index in [4.69, 9.17) is 28.4 Å². The van der Waals surface area contributed by atoms with Crippen LogP contribution < -0.4 is 0 Å². The van der Waals surface area contributed by atoms with Crippen molar-refractivity contribution in [3.63, 3.8) is 0 Å². The summed E-state index contributed by atoms with van der Waals surface area (Å²) in [6, 6.07) is 4.13. The Kier molecular flexibility index (Phi) is 10.1. The average Bonchev–Trinajstić information content (AvgIpc) is 3.08. The molecule has 12 unspecified atom stereocenters. The van der Waals surface area contributed by atoms with Gasteiger partial charge in [0.2, 0.25) is 0 Å². The maximum absolute atomic E-state index is 13.7. The molecule has 13 heteroatoms. The Bertz CT molecular complexity index is 1570. The highest BCUT2D eigenvalue weighted by Crippen LogP contribution is 2.52. The van der Waals surface area contributed by atoms with Crippen LogP contribution in [0.3, 0.4) is 0 Å². The van der Waals surface area contributed by atoms with Crippen molar-refractivity contribution in [2.24, 2.45) is 11.8 Å². The smallest absolute Gasteiger partial charge is 0.179 e. The topological polar surface area (TPSA) is 191 Å². The second-order valence-corrected chi connectivity index (χ2v) is 15.1. The van der Waals surface area contributed by atoms with Gasteiger partial charge in [-0.2, -0.15) is 0 Å². The Morgan fingerprint density at radius 3 is 2.27 bits per heavy atom. The van der Waals surface area contributed by atoms with Crippen molar-refractivity contribution >= 4 is 11.6 Å². The van der Waals surface area contributed by atoms with Crippen molar-refractivity contribution in [1.29, 1.82) is 0 Å². The lowest BCUT2D eigenvalue weighted by Crippen LogP contribution is -2.54. The lowest BCUT2D eigenvalue weighted by atomic mass is 9.63. The number of fused-ring (bicyclic) bond motifs is 3. The second-order valence-electron chi connectivity index (χ2n) is 15.1. The first-order chi connectivity index (χ1) is 24.3. The molecular formula is C38H50O13. The van der Waals surface area contributed by atoms with Gasteiger partial charge in [0.05, 0.1) is 59.6 Å². The van der Waals surface area contributed by atoms with Crippen LogP contribution in [0.2, 0.25) is 0 Å². The Labute approximate surface area is 297 Å². The number of aliphatic hydroxyl groups excluding tert-OH is 3. The molecule has 3 aliphatic heterocycles. The molecule has 280 valence electrons. The van der Waals surface area contributed by atoms with Crippen LogP contribution in [-0.4, -0.2) is 104 Å². The molecule has 3 aliphatic carbocycles. The van der Waals surface area contributed by atoms with E-state index in [0.717, 1.165) is 19.3 Å². The van der Waals surface area contributed by atoms with E-state index >= 15 is 0 Å². The predicted octanol–water partition coefficient (Wildman–Crippen LogP) is 4.67. The van der Waals surface area contributed by atoms with E-state index in [0.29, 0.717) is 12.8 Å². The minimum atomic E-state index is -1.48. The molecule has 13 nitrogen and oxygen atoms in total. The van der Waals surface area contributed by atoms with Crippen molar-refractivity contribution in [2.45, 2.75) is 153 Å². The van der Waals surface area contributed by atoms with E-state index in [1.165, 1.54) is 18.2 Å². The molecule has 0 bridgehead atoms. The fraction of sp³-hybridized carbons (Fsp3) is 0.684. The van der Waals surface area contributed by atoms with Crippen molar-refractivity contribution in [3.8, 4) is 5.75 Å². The first kappa shape index (κ1) is 36.5. The molecule has 6 aliphatic rings. The molecule has 0 aromatic heterocycles. The first-order valence-electron chi connectivity index (χ1n) is 18.4. The number of phenols is 1. The van der Waals surface area contributed by atoms with Gasteiger partial charge in [-0.25, -0.2) is 0 Å². The molecule has 0 spiro atoms. The highest BCUT2D eigenvalue weighted by atomic mass is 16.7. The van der Waals surface area contributed by atoms with Crippen LogP contribution in [-0.2, 0) is 28.4 Å². The number of aliphatic hydroxyl groups is 4. The Morgan fingerprint density at radius 2 is 1.57 bits per heavy atom. The van der Waals surface area contributed by atoms with Gasteiger partial charge in [0, 0.05) is 42.4 Å². The number of phenolic OH excluding ortho intramolecular Hbond substituents is 1. The molecule has 13 atom stereocenters. The molecule has 1 aromatic rings. The van der Waals surface area contributed by atoms with Crippen molar-refractivity contribution < 1.29 is 63.5 Å². The molecule has 0 radical (unpaired) electrons. The number of aromatic hydroxyl groups is 1. The molecule has 3 saturated heterocycles. The Balaban J connectivity index is 1.05. The molecule has 3 heterocycles. The van der Waals surface area contributed by atoms with Gasteiger partial charge >= 0.3 is 0 Å². The molecule has 5 N–H and O–H groups in total. The van der Waals surface area contributed by atoms with E-state index in [1.54, 1.807) is 13.8 Å². The van der Waals surface area contributed by atoms with Crippen LogP contribution in [0.15, 0.2) is 40.9 Å². The summed E-state index contributed by atoms with van der Waals surface area (Å²) in [6.07, 6.45) is -1.13. The number of hydrogen-bond donors (Lipinski definition) is 5. The lowest BCUT2D eigenvalue weighted by molar-refractivity contribution is -0.317. The number of Topliss-reactive ketones (excluding diaryl/α,β-unsaturated/α-hetero) is 2. The van der Waals surface area contributed by atoms with Gasteiger partial charge in [-0.1, -0.05) is 19.1 Å². The fourth-order valence-corrected chi connectivity index (χ4v) is 8.76. The van der Waals surface area contributed by atoms with Crippen LogP contribution in [0.1, 0.15) is 106 Å². The minimum Gasteiger partial charge on any atom is -0.511 e. The van der Waals surface area contributed by atoms with E-state index in [1.807, 2.05) is 13.8 Å². The summed E-state index contributed by atoms with van der Waals surface area (Å²) in [4.78, 5) is 27.3. The number of ether oxygens (including phenoxy) is 6. The summed E-state index contributed by atoms with van der Waals surface area (Å²) in [7, 11) is 0. The van der Waals surface area contributed by atoms with Crippen LogP contribution in [0.4, 0.5) is 0 Å². The molecule has 7 rings (SSSR count). The standard InChI is InChI=1S/C38H50O13/c1-5-38(45)15-21-30(36(44)32-31(34(21)42)33(41)20-9-7-10-22(39)29(20)35(32)43)25(16-38)50-28-14-23(40)37(19(4)48-28)51-27-13-12-24(18(3)47-27)49-26-11-6-8-17(2)46-26/h7,9-10,17-19,23-28,31-32,37,39-40,42,44-45H,5-6,8,11-16H2,1-4H3/t17?,18?,19?,23?,24?,25?,26?,27?,28?,31?,32?,37?,38-/m0/s1. The maximum atomic E-state index is 13.7. The summed E-state index contributed by atoms with van der Waals surface area (Å²) in [6.45, 7) is 7.52. The highest BCUT2D eigenvalue weighted by Gasteiger charge is 2.55. The monoisotopic (exact) mass is 714 g/mol. The largest absolute Gasteiger partial charge is 0.511 e. The van der Waals surface area contributed by atoms with E-state index in [2.05, 4.69) is 0 Å². The number of rotatable bonds is 7. The second kappa shape index (κ2) is 14.2. The van der Waals surface area contributed by atoms with Crippen LogP contribution in [0.5, 0.6) is 5.75 Å². The van der Waals surface area contributed by atoms with Crippen LogP contribution >= 0.6 is 0 Å². The van der Waals surface area contributed by atoms with E-state index < -0.39 is 83.3 Å². The third kappa shape index (κ3) is 6.76. The predicted molar refractivity (Wildman–Crippen MR) is 179 cm³/mol. The third-order valence-corrected chi connectivity index (χ3v) is 11.6. The normalized spacial score (nSPS) is 41.6. The third-order valence-electron chi connectivity index (χ3n) is 11.6. The average molecular weight is 715 g/mol. The van der Waals surface area contributed by atoms with Crippen molar-refractivity contribution in [1.82, 2.24) is 0 Å². The summed E-state index contributed by atoms with van der Waals surface area (Å²) >= 11 is 0. The first-order valence-corrected chi connectivity index (χ1v) is 18.4. The van der Waals surface area contributed by atoms with Gasteiger partial charge in [0.25, 0.3) is 0 Å². The summed E-state index contributed by atoms with van der Waals surface area (Å²) < 4.78 is 37.1. The zero-order valence-corrected chi connectivity index (χ0v) is 29.5. The van der Waals surface area contributed by atoms with Gasteiger partial charge in [-0.05, 0) is 58.9 Å². The fourth-order valence-electron chi connectivity index (χ4n) is 8.76. The van der Waals surface area contributed by atoms with Crippen molar-refractivity contribution in [3.05, 3.63) is 52.0 Å². The number of hydrogen-bond acceptors (Lipinski definition) is 13. The zero-order chi connectivity index (χ0) is 36.4. The van der Waals surface area contributed by atoms with Gasteiger partial charge < -0.3 is 54.0 Å². The highest BCUT2D eigenvalue weighted by molar-refractivity contribution is 6.19. The SMILES string of the molecule is CC[C@]1(O)CC2=C(O)C3C(=O)c4cccc(O)c4C(=O)C3C(O)=C2C(OC2CC(O)C(OC3CCC(OC4CCCC(C)O4)C(C)O3)C(C)O2)C1. The molecular weight excluding hydrogens is 664 g/mol. The number of carbonyl (C=O) groups is 2. The number of benzene rings is 1. The van der Waals surface area contributed by atoms with Gasteiger partial charge in [-0.15, -0.1) is 0 Å². The van der Waals surface area contributed by atoms with Crippen LogP contribution in [0, 0.1) is 11.8 Å². The van der Waals surface area contributed by atoms with Gasteiger partial charge in [0.15, 0.2) is 30.4 Å². The van der Waals surface area contributed by atoms with Gasteiger partial charge in [0.1, 0.15) is 23.4 Å². The number of allylic oxidation sites excluding steroid dienone is 2. The van der Waals surface area contributed by atoms with Crippen LogP contribution in [0.25, 0.3) is 0 Å². The van der Waals surface area contributed by atoms with Crippen molar-refractivity contribution in [2.75, 3.05) is 0 Å². The maximum Gasteiger partial charge on any atom is 0.179 e. The summed E-state index contributed by atoms with van der Waals surface area (Å²) in [5.41, 5.74) is -1.38. The van der Waals surface area contributed by atoms with E-state index in [9.17, 15) is 35.1 Å². The Morgan fingerprint density at radius 1 is 0.843 bits per heavy atom. The number of carbonyl (C=O) groups excluding carboxylic acids is 2. The number of ketones is 2. The Hall–Kier alpha value is -2.88. The molecule has 1 aromatic carbocycles. The quantitative estimate of drug-likeness (QED) is 0.262. The van der Waals surface area contributed by atoms with E-state index in [-0.39, 0.29) is 72.6 Å².